The van der Waals surface area contributed by atoms with Crippen molar-refractivity contribution < 1.29 is 19.2 Å². The van der Waals surface area contributed by atoms with E-state index in [2.05, 4.69) is 0 Å². The Morgan fingerprint density at radius 3 is 2.18 bits per heavy atom. The van der Waals surface area contributed by atoms with Gasteiger partial charge in [-0.2, -0.15) is 0 Å². The summed E-state index contributed by atoms with van der Waals surface area (Å²) in [5.41, 5.74) is 2.85. The lowest BCUT2D eigenvalue weighted by Gasteiger charge is -2.16. The van der Waals surface area contributed by atoms with Crippen LogP contribution >= 0.6 is 0 Å². The number of hydroxylamine groups is 2. The molecule has 1 heterocycles. The van der Waals surface area contributed by atoms with Crippen LogP contribution in [-0.4, -0.2) is 22.8 Å². The van der Waals surface area contributed by atoms with E-state index < -0.39 is 17.8 Å². The van der Waals surface area contributed by atoms with Gasteiger partial charge in [-0.25, -0.2) is 4.79 Å². The highest BCUT2D eigenvalue weighted by Crippen LogP contribution is 2.22. The first-order valence-electron chi connectivity index (χ1n) is 7.85. The fraction of sp³-hybridized carbons (Fsp3) is 0.471. The van der Waals surface area contributed by atoms with Crippen LogP contribution in [0.15, 0.2) is 18.2 Å². The lowest BCUT2D eigenvalue weighted by molar-refractivity contribution is -0.172. The number of carbonyl (C=O) groups is 3. The van der Waals surface area contributed by atoms with Crippen molar-refractivity contribution in [3.63, 3.8) is 0 Å². The zero-order valence-corrected chi connectivity index (χ0v) is 12.5. The van der Waals surface area contributed by atoms with Gasteiger partial charge in [-0.1, -0.05) is 18.9 Å². The Kier molecular flexibility index (Phi) is 4.22. The number of hydrogen-bond donors (Lipinski definition) is 0. The molecule has 0 unspecified atom stereocenters. The fourth-order valence-electron chi connectivity index (χ4n) is 3.01. The Bertz CT molecular complexity index is 607. The summed E-state index contributed by atoms with van der Waals surface area (Å²) >= 11 is 0. The molecule has 22 heavy (non-hydrogen) atoms. The Labute approximate surface area is 129 Å². The molecule has 0 aromatic heterocycles. The summed E-state index contributed by atoms with van der Waals surface area (Å²) in [5.74, 6) is -1.55. The third-order valence-corrected chi connectivity index (χ3v) is 4.26. The van der Waals surface area contributed by atoms with Gasteiger partial charge in [-0.05, 0) is 48.9 Å². The molecule has 1 saturated heterocycles. The molecule has 0 atom stereocenters. The monoisotopic (exact) mass is 301 g/mol. The van der Waals surface area contributed by atoms with Gasteiger partial charge in [0, 0.05) is 12.8 Å². The molecule has 0 radical (unpaired) electrons. The molecule has 0 saturated carbocycles. The Hall–Kier alpha value is -2.17. The van der Waals surface area contributed by atoms with Crippen molar-refractivity contribution in [3.05, 3.63) is 34.9 Å². The number of imide groups is 1. The normalized spacial score (nSPS) is 18.6. The summed E-state index contributed by atoms with van der Waals surface area (Å²) in [5, 5.41) is 0.596. The highest BCUT2D eigenvalue weighted by molar-refractivity contribution is 6.02. The zero-order chi connectivity index (χ0) is 15.5. The maximum Gasteiger partial charge on any atom is 0.363 e. The van der Waals surface area contributed by atoms with Crippen LogP contribution in [0.2, 0.25) is 0 Å². The van der Waals surface area contributed by atoms with Crippen LogP contribution in [0.1, 0.15) is 60.0 Å². The molecule has 1 aliphatic carbocycles. The van der Waals surface area contributed by atoms with Crippen LogP contribution in [0.5, 0.6) is 0 Å². The first kappa shape index (κ1) is 14.8. The maximum atomic E-state index is 12.2. The number of fused-ring (bicyclic) bond motifs is 1. The number of aryl methyl sites for hydroxylation is 2. The van der Waals surface area contributed by atoms with E-state index in [0.717, 1.165) is 19.3 Å². The average Bonchev–Trinajstić information content (AvgIpc) is 2.79. The number of carbonyl (C=O) groups excluding carboxylic acids is 3. The first-order chi connectivity index (χ1) is 10.6. The molecule has 1 fully saturated rings. The third-order valence-electron chi connectivity index (χ3n) is 4.26. The van der Waals surface area contributed by atoms with Crippen molar-refractivity contribution in [1.29, 1.82) is 0 Å². The van der Waals surface area contributed by atoms with Gasteiger partial charge in [0.25, 0.3) is 11.8 Å². The van der Waals surface area contributed by atoms with Crippen molar-refractivity contribution in [2.24, 2.45) is 0 Å². The minimum atomic E-state index is -0.645. The van der Waals surface area contributed by atoms with Crippen LogP contribution < -0.4 is 0 Å². The van der Waals surface area contributed by atoms with E-state index in [1.807, 2.05) is 12.1 Å². The van der Waals surface area contributed by atoms with Crippen LogP contribution in [0, 0.1) is 0 Å². The van der Waals surface area contributed by atoms with Gasteiger partial charge in [0.05, 0.1) is 5.56 Å². The van der Waals surface area contributed by atoms with Gasteiger partial charge in [0.1, 0.15) is 0 Å². The molecular weight excluding hydrogens is 282 g/mol. The van der Waals surface area contributed by atoms with E-state index >= 15 is 0 Å². The minimum absolute atomic E-state index is 0.107. The van der Waals surface area contributed by atoms with Gasteiger partial charge in [0.15, 0.2) is 0 Å². The molecule has 5 nitrogen and oxygen atoms in total. The Morgan fingerprint density at radius 1 is 0.864 bits per heavy atom. The second-order valence-electron chi connectivity index (χ2n) is 5.86. The lowest BCUT2D eigenvalue weighted by Crippen LogP contribution is -2.32. The van der Waals surface area contributed by atoms with Crippen LogP contribution in [0.4, 0.5) is 0 Å². The summed E-state index contributed by atoms with van der Waals surface area (Å²) in [6.45, 7) is 0. The quantitative estimate of drug-likeness (QED) is 0.788. The second kappa shape index (κ2) is 6.30. The molecule has 1 aromatic rings. The maximum absolute atomic E-state index is 12.2. The molecule has 3 rings (SSSR count). The fourth-order valence-corrected chi connectivity index (χ4v) is 3.01. The van der Waals surface area contributed by atoms with Crippen molar-refractivity contribution in [1.82, 2.24) is 5.06 Å². The predicted molar refractivity (Wildman–Crippen MR) is 78.8 cm³/mol. The van der Waals surface area contributed by atoms with E-state index in [9.17, 15) is 14.4 Å². The van der Waals surface area contributed by atoms with E-state index in [1.165, 1.54) is 30.4 Å². The van der Waals surface area contributed by atoms with Crippen LogP contribution in [0.25, 0.3) is 0 Å². The number of nitrogens with zero attached hydrogens (tertiary/aromatic N) is 1. The highest BCUT2D eigenvalue weighted by Gasteiger charge is 2.33. The van der Waals surface area contributed by atoms with Gasteiger partial charge in [0.2, 0.25) is 0 Å². The van der Waals surface area contributed by atoms with Crippen LogP contribution in [0.3, 0.4) is 0 Å². The molecule has 1 aliphatic heterocycles. The average molecular weight is 301 g/mol. The molecule has 0 N–H and O–H groups in total. The Balaban J connectivity index is 1.76. The van der Waals surface area contributed by atoms with Gasteiger partial charge >= 0.3 is 5.97 Å². The van der Waals surface area contributed by atoms with E-state index in [4.69, 9.17) is 4.84 Å². The number of benzene rings is 1. The molecular formula is C17H19NO4. The van der Waals surface area contributed by atoms with E-state index in [1.54, 1.807) is 6.07 Å². The standard InChI is InChI=1S/C17H19NO4/c19-15-9-10-16(20)18(15)22-17(21)14-8-7-12-5-3-1-2-4-6-13(12)11-14/h7-8,11H,1-6,9-10H2. The SMILES string of the molecule is O=C(ON1C(=O)CCC1=O)c1ccc2c(c1)CCCCCC2. The largest absolute Gasteiger partial charge is 0.363 e. The Morgan fingerprint density at radius 2 is 1.50 bits per heavy atom. The van der Waals surface area contributed by atoms with Gasteiger partial charge in [-0.3, -0.25) is 9.59 Å². The smallest absolute Gasteiger partial charge is 0.325 e. The second-order valence-corrected chi connectivity index (χ2v) is 5.86. The van der Waals surface area contributed by atoms with Crippen molar-refractivity contribution >= 4 is 17.8 Å². The predicted octanol–water partition coefficient (Wildman–Crippen LogP) is 2.57. The van der Waals surface area contributed by atoms with Gasteiger partial charge < -0.3 is 4.84 Å². The van der Waals surface area contributed by atoms with E-state index in [0.29, 0.717) is 10.6 Å². The third kappa shape index (κ3) is 3.03. The van der Waals surface area contributed by atoms with Gasteiger partial charge in [-0.15, -0.1) is 5.06 Å². The highest BCUT2D eigenvalue weighted by atomic mass is 16.7. The summed E-state index contributed by atoms with van der Waals surface area (Å²) < 4.78 is 0. The number of hydrogen-bond acceptors (Lipinski definition) is 4. The molecule has 0 spiro atoms. The molecule has 5 heteroatoms. The molecule has 0 bridgehead atoms. The summed E-state index contributed by atoms with van der Waals surface area (Å²) in [7, 11) is 0. The summed E-state index contributed by atoms with van der Waals surface area (Å²) in [4.78, 5) is 40.1. The molecule has 1 aromatic carbocycles. The molecule has 116 valence electrons. The summed E-state index contributed by atoms with van der Waals surface area (Å²) in [6.07, 6.45) is 6.97. The number of amides is 2. The molecule has 2 amide bonds. The molecule has 2 aliphatic rings. The van der Waals surface area contributed by atoms with Crippen LogP contribution in [-0.2, 0) is 27.3 Å². The topological polar surface area (TPSA) is 63.7 Å². The number of rotatable bonds is 2. The lowest BCUT2D eigenvalue weighted by atomic mass is 9.92. The van der Waals surface area contributed by atoms with E-state index in [-0.39, 0.29) is 12.8 Å². The summed E-state index contributed by atoms with van der Waals surface area (Å²) in [6, 6.07) is 5.52. The zero-order valence-electron chi connectivity index (χ0n) is 12.5. The van der Waals surface area contributed by atoms with Crippen molar-refractivity contribution in [3.8, 4) is 0 Å². The van der Waals surface area contributed by atoms with Crippen molar-refractivity contribution in [2.45, 2.75) is 51.4 Å². The minimum Gasteiger partial charge on any atom is -0.325 e. The van der Waals surface area contributed by atoms with Crippen molar-refractivity contribution in [2.75, 3.05) is 0 Å². The first-order valence-corrected chi connectivity index (χ1v) is 7.85.